The first-order chi connectivity index (χ1) is 8.94. The predicted octanol–water partition coefficient (Wildman–Crippen LogP) is 2.86. The second kappa shape index (κ2) is 7.50. The normalized spacial score (nSPS) is 13.2. The van der Waals surface area contributed by atoms with Gasteiger partial charge in [0.15, 0.2) is 0 Å². The maximum absolute atomic E-state index is 11.0. The van der Waals surface area contributed by atoms with Gasteiger partial charge in [0.05, 0.1) is 5.75 Å². The molecule has 0 aliphatic carbocycles. The van der Waals surface area contributed by atoms with Gasteiger partial charge in [-0.1, -0.05) is 38.8 Å². The van der Waals surface area contributed by atoms with E-state index in [0.29, 0.717) is 6.04 Å². The molecule has 0 radical (unpaired) electrons. The van der Waals surface area contributed by atoms with E-state index in [1.165, 1.54) is 12.8 Å². The van der Waals surface area contributed by atoms with Crippen molar-refractivity contribution in [3.05, 3.63) is 29.8 Å². The molecule has 0 aromatic heterocycles. The van der Waals surface area contributed by atoms with Crippen LogP contribution in [0.25, 0.3) is 0 Å². The molecule has 0 bridgehead atoms. The molecule has 5 heteroatoms. The molecule has 0 aliphatic heterocycles. The van der Waals surface area contributed by atoms with Crippen LogP contribution >= 0.6 is 0 Å². The van der Waals surface area contributed by atoms with Crippen LogP contribution in [0.4, 0.5) is 5.69 Å². The highest BCUT2D eigenvalue weighted by atomic mass is 32.2. The lowest BCUT2D eigenvalue weighted by Gasteiger charge is -2.18. The predicted molar refractivity (Wildman–Crippen MR) is 80.5 cm³/mol. The van der Waals surface area contributed by atoms with Gasteiger partial charge >= 0.3 is 0 Å². The third-order valence-electron chi connectivity index (χ3n) is 3.09. The molecular weight excluding hydrogens is 260 g/mol. The van der Waals surface area contributed by atoms with Gasteiger partial charge in [0.1, 0.15) is 0 Å². The van der Waals surface area contributed by atoms with Gasteiger partial charge in [-0.25, -0.2) is 13.6 Å². The van der Waals surface area contributed by atoms with Crippen LogP contribution in [0.3, 0.4) is 0 Å². The van der Waals surface area contributed by atoms with Crippen molar-refractivity contribution in [2.45, 2.75) is 51.3 Å². The fraction of sp³-hybridized carbons (Fsp3) is 0.571. The Morgan fingerprint density at radius 3 is 2.32 bits per heavy atom. The van der Waals surface area contributed by atoms with Crippen LogP contribution in [0.2, 0.25) is 0 Å². The number of hydrogen-bond donors (Lipinski definition) is 2. The summed E-state index contributed by atoms with van der Waals surface area (Å²) in [5, 5.41) is 8.49. The van der Waals surface area contributed by atoms with Crippen LogP contribution in [0.1, 0.15) is 45.1 Å². The molecule has 0 saturated carbocycles. The summed E-state index contributed by atoms with van der Waals surface area (Å²) in [5.41, 5.74) is 1.75. The van der Waals surface area contributed by atoms with Crippen molar-refractivity contribution in [2.75, 3.05) is 5.32 Å². The standard InChI is InChI=1S/C14H24N2O2S/c1-3-5-6-13(4-2)16-14-9-7-12(8-10-14)11-19(15,17)18/h7-10,13,16H,3-6,11H2,1-2H3,(H2,15,17,18). The van der Waals surface area contributed by atoms with Gasteiger partial charge in [-0.05, 0) is 30.5 Å². The second-order valence-corrected chi connectivity index (χ2v) is 6.51. The Morgan fingerprint density at radius 1 is 1.21 bits per heavy atom. The molecule has 1 atom stereocenters. The zero-order valence-electron chi connectivity index (χ0n) is 11.7. The van der Waals surface area contributed by atoms with Gasteiger partial charge < -0.3 is 5.32 Å². The highest BCUT2D eigenvalue weighted by molar-refractivity contribution is 7.88. The van der Waals surface area contributed by atoms with Crippen LogP contribution in [0.15, 0.2) is 24.3 Å². The Kier molecular flexibility index (Phi) is 6.31. The van der Waals surface area contributed by atoms with Gasteiger partial charge in [-0.2, -0.15) is 0 Å². The number of hydrogen-bond acceptors (Lipinski definition) is 3. The maximum Gasteiger partial charge on any atom is 0.213 e. The minimum Gasteiger partial charge on any atom is -0.382 e. The summed E-state index contributed by atoms with van der Waals surface area (Å²) in [5.74, 6) is -0.111. The minimum absolute atomic E-state index is 0.111. The summed E-state index contributed by atoms with van der Waals surface area (Å²) >= 11 is 0. The number of unbranched alkanes of at least 4 members (excludes halogenated alkanes) is 1. The average Bonchev–Trinajstić information content (AvgIpc) is 2.34. The van der Waals surface area contributed by atoms with Gasteiger partial charge in [0.2, 0.25) is 10.0 Å². The molecule has 108 valence electrons. The monoisotopic (exact) mass is 284 g/mol. The molecular formula is C14H24N2O2S. The van der Waals surface area contributed by atoms with Crippen molar-refractivity contribution in [1.29, 1.82) is 0 Å². The molecule has 0 aliphatic rings. The lowest BCUT2D eigenvalue weighted by molar-refractivity contribution is 0.593. The van der Waals surface area contributed by atoms with E-state index in [1.54, 1.807) is 12.1 Å². The van der Waals surface area contributed by atoms with Crippen LogP contribution in [0, 0.1) is 0 Å². The lowest BCUT2D eigenvalue weighted by atomic mass is 10.1. The van der Waals surface area contributed by atoms with Crippen LogP contribution in [-0.4, -0.2) is 14.5 Å². The molecule has 1 aromatic carbocycles. The third-order valence-corrected chi connectivity index (χ3v) is 3.83. The van der Waals surface area contributed by atoms with Gasteiger partial charge in [0, 0.05) is 11.7 Å². The van der Waals surface area contributed by atoms with E-state index in [-0.39, 0.29) is 5.75 Å². The van der Waals surface area contributed by atoms with Crippen LogP contribution in [0.5, 0.6) is 0 Å². The SMILES string of the molecule is CCCCC(CC)Nc1ccc(CS(N)(=O)=O)cc1. The van der Waals surface area contributed by atoms with Crippen molar-refractivity contribution in [2.24, 2.45) is 5.14 Å². The lowest BCUT2D eigenvalue weighted by Crippen LogP contribution is -2.18. The van der Waals surface area contributed by atoms with Crippen molar-refractivity contribution < 1.29 is 8.42 Å². The Labute approximate surface area is 116 Å². The molecule has 4 nitrogen and oxygen atoms in total. The zero-order valence-corrected chi connectivity index (χ0v) is 12.5. The van der Waals surface area contributed by atoms with Crippen molar-refractivity contribution in [1.82, 2.24) is 0 Å². The minimum atomic E-state index is -3.45. The molecule has 1 unspecified atom stereocenters. The van der Waals surface area contributed by atoms with E-state index in [4.69, 9.17) is 5.14 Å². The first-order valence-corrected chi connectivity index (χ1v) is 8.52. The fourth-order valence-corrected chi connectivity index (χ4v) is 2.65. The topological polar surface area (TPSA) is 72.2 Å². The third kappa shape index (κ3) is 6.59. The van der Waals surface area contributed by atoms with E-state index < -0.39 is 10.0 Å². The second-order valence-electron chi connectivity index (χ2n) is 4.90. The smallest absolute Gasteiger partial charge is 0.213 e. The van der Waals surface area contributed by atoms with E-state index in [0.717, 1.165) is 24.1 Å². The molecule has 19 heavy (non-hydrogen) atoms. The molecule has 3 N–H and O–H groups in total. The van der Waals surface area contributed by atoms with E-state index in [9.17, 15) is 8.42 Å². The highest BCUT2D eigenvalue weighted by Gasteiger charge is 2.07. The molecule has 1 aromatic rings. The first kappa shape index (κ1) is 16.0. The number of primary sulfonamides is 1. The van der Waals surface area contributed by atoms with E-state index >= 15 is 0 Å². The zero-order chi connectivity index (χ0) is 14.3. The number of rotatable bonds is 8. The molecule has 0 saturated heterocycles. The molecule has 0 heterocycles. The summed E-state index contributed by atoms with van der Waals surface area (Å²) < 4.78 is 22.0. The largest absolute Gasteiger partial charge is 0.382 e. The number of sulfonamides is 1. The van der Waals surface area contributed by atoms with Gasteiger partial charge in [0.25, 0.3) is 0 Å². The Hall–Kier alpha value is -1.07. The summed E-state index contributed by atoms with van der Waals surface area (Å²) in [7, 11) is -3.45. The Bertz CT molecular complexity index is 469. The summed E-state index contributed by atoms with van der Waals surface area (Å²) in [6, 6.07) is 7.91. The molecule has 1 rings (SSSR count). The Morgan fingerprint density at radius 2 is 1.84 bits per heavy atom. The molecule has 0 fully saturated rings. The summed E-state index contributed by atoms with van der Waals surface area (Å²) in [4.78, 5) is 0. The number of benzene rings is 1. The number of nitrogens with one attached hydrogen (secondary N) is 1. The van der Waals surface area contributed by atoms with Gasteiger partial charge in [-0.3, -0.25) is 0 Å². The van der Waals surface area contributed by atoms with Crippen LogP contribution in [-0.2, 0) is 15.8 Å². The molecule has 0 amide bonds. The molecule has 0 spiro atoms. The number of nitrogens with two attached hydrogens (primary N) is 1. The van der Waals surface area contributed by atoms with E-state index in [1.807, 2.05) is 12.1 Å². The fourth-order valence-electron chi connectivity index (χ4n) is 1.99. The van der Waals surface area contributed by atoms with Crippen LogP contribution < -0.4 is 10.5 Å². The average molecular weight is 284 g/mol. The summed E-state index contributed by atoms with van der Waals surface area (Å²) in [6.45, 7) is 4.36. The maximum atomic E-state index is 11.0. The van der Waals surface area contributed by atoms with Crippen molar-refractivity contribution in [3.63, 3.8) is 0 Å². The Balaban J connectivity index is 2.60. The quantitative estimate of drug-likeness (QED) is 0.771. The van der Waals surface area contributed by atoms with Crippen molar-refractivity contribution in [3.8, 4) is 0 Å². The van der Waals surface area contributed by atoms with Crippen molar-refractivity contribution >= 4 is 15.7 Å². The summed E-state index contributed by atoms with van der Waals surface area (Å²) in [6.07, 6.45) is 4.66. The number of anilines is 1. The first-order valence-electron chi connectivity index (χ1n) is 6.80. The van der Waals surface area contributed by atoms with Gasteiger partial charge in [-0.15, -0.1) is 0 Å². The highest BCUT2D eigenvalue weighted by Crippen LogP contribution is 2.15. The van der Waals surface area contributed by atoms with E-state index in [2.05, 4.69) is 19.2 Å².